The smallest absolute Gasteiger partial charge is 0.320 e. The summed E-state index contributed by atoms with van der Waals surface area (Å²) in [7, 11) is 0. The van der Waals surface area contributed by atoms with Gasteiger partial charge in [0.2, 0.25) is 0 Å². The maximum atomic E-state index is 11.6. The summed E-state index contributed by atoms with van der Waals surface area (Å²) in [6.45, 7) is 6.06. The Hall–Kier alpha value is -2.83. The van der Waals surface area contributed by atoms with Gasteiger partial charge in [0.25, 0.3) is 0 Å². The minimum atomic E-state index is -0.289. The number of hydrogen-bond acceptors (Lipinski definition) is 5. The first-order valence-corrected chi connectivity index (χ1v) is 8.63. The Bertz CT molecular complexity index is 693. The molecule has 0 aliphatic carbocycles. The molecule has 0 unspecified atom stereocenters. The van der Waals surface area contributed by atoms with Crippen LogP contribution in [0.15, 0.2) is 36.4 Å². The zero-order chi connectivity index (χ0) is 17.6. The quantitative estimate of drug-likeness (QED) is 0.777. The number of carbonyl (C=O) groups excluding carboxylic acids is 1. The van der Waals surface area contributed by atoms with E-state index in [-0.39, 0.29) is 12.1 Å². The van der Waals surface area contributed by atoms with E-state index in [0.29, 0.717) is 11.6 Å². The van der Waals surface area contributed by atoms with Crippen molar-refractivity contribution in [2.75, 3.05) is 28.6 Å². The van der Waals surface area contributed by atoms with Crippen LogP contribution in [0, 0.1) is 0 Å². The third-order valence-electron chi connectivity index (χ3n) is 3.94. The molecule has 7 nitrogen and oxygen atoms in total. The molecule has 3 N–H and O–H groups in total. The number of benzene rings is 1. The molecule has 0 bridgehead atoms. The first-order chi connectivity index (χ1) is 12.1. The van der Waals surface area contributed by atoms with Crippen molar-refractivity contribution in [2.45, 2.75) is 32.7 Å². The molecule has 0 spiro atoms. The molecular weight excluding hydrogens is 316 g/mol. The zero-order valence-corrected chi connectivity index (χ0v) is 14.6. The number of aromatic nitrogens is 2. The van der Waals surface area contributed by atoms with E-state index in [4.69, 9.17) is 0 Å². The van der Waals surface area contributed by atoms with Gasteiger partial charge in [-0.2, -0.15) is 0 Å². The molecule has 3 rings (SSSR count). The summed E-state index contributed by atoms with van der Waals surface area (Å²) < 4.78 is 0. The molecule has 1 aromatic heterocycles. The Labute approximate surface area is 147 Å². The number of nitrogens with zero attached hydrogens (tertiary/aromatic N) is 3. The first-order valence-electron chi connectivity index (χ1n) is 8.63. The summed E-state index contributed by atoms with van der Waals surface area (Å²) in [5.74, 6) is 1.04. The third-order valence-corrected chi connectivity index (χ3v) is 3.94. The molecule has 132 valence electrons. The summed E-state index contributed by atoms with van der Waals surface area (Å²) in [5, 5.41) is 16.7. The van der Waals surface area contributed by atoms with Gasteiger partial charge in [-0.15, -0.1) is 10.2 Å². The van der Waals surface area contributed by atoms with Crippen molar-refractivity contribution >= 4 is 29.0 Å². The van der Waals surface area contributed by atoms with Crippen LogP contribution in [0.25, 0.3) is 0 Å². The van der Waals surface area contributed by atoms with Gasteiger partial charge in [0.1, 0.15) is 0 Å². The van der Waals surface area contributed by atoms with Crippen LogP contribution in [-0.4, -0.2) is 35.4 Å². The van der Waals surface area contributed by atoms with Gasteiger partial charge >= 0.3 is 6.03 Å². The van der Waals surface area contributed by atoms with E-state index in [1.165, 1.54) is 18.5 Å². The lowest BCUT2D eigenvalue weighted by Crippen LogP contribution is -2.34. The van der Waals surface area contributed by atoms with Gasteiger partial charge in [-0.3, -0.25) is 5.32 Å². The molecule has 2 amide bonds. The maximum absolute atomic E-state index is 11.6. The Kier molecular flexibility index (Phi) is 5.33. The standard InChI is InChI=1S/C18H24N6O/c1-13(2)19-18(25)21-17-10-9-16(22-23-17)20-14-5-7-15(8-6-14)24-11-3-4-12-24/h5-10,13H,3-4,11-12H2,1-2H3,(H,20,22)(H2,19,21,23,25). The predicted octanol–water partition coefficient (Wildman–Crippen LogP) is 3.35. The Balaban J connectivity index is 1.56. The highest BCUT2D eigenvalue weighted by Gasteiger charge is 2.11. The van der Waals surface area contributed by atoms with Crippen LogP contribution in [0.3, 0.4) is 0 Å². The number of hydrogen-bond donors (Lipinski definition) is 3. The van der Waals surface area contributed by atoms with Gasteiger partial charge in [-0.1, -0.05) is 0 Å². The van der Waals surface area contributed by atoms with Crippen molar-refractivity contribution in [2.24, 2.45) is 0 Å². The fourth-order valence-electron chi connectivity index (χ4n) is 2.76. The Morgan fingerprint density at radius 1 is 1.00 bits per heavy atom. The van der Waals surface area contributed by atoms with Crippen molar-refractivity contribution < 1.29 is 4.79 Å². The summed E-state index contributed by atoms with van der Waals surface area (Å²) in [5.41, 5.74) is 2.21. The fourth-order valence-corrected chi connectivity index (χ4v) is 2.76. The summed E-state index contributed by atoms with van der Waals surface area (Å²) in [6, 6.07) is 11.6. The van der Waals surface area contributed by atoms with Gasteiger partial charge in [-0.25, -0.2) is 4.79 Å². The van der Waals surface area contributed by atoms with Crippen LogP contribution < -0.4 is 20.9 Å². The number of urea groups is 1. The number of carbonyl (C=O) groups is 1. The van der Waals surface area contributed by atoms with E-state index in [9.17, 15) is 4.79 Å². The van der Waals surface area contributed by atoms with E-state index in [2.05, 4.69) is 43.2 Å². The van der Waals surface area contributed by atoms with Crippen LogP contribution in [-0.2, 0) is 0 Å². The van der Waals surface area contributed by atoms with Crippen molar-refractivity contribution in [1.29, 1.82) is 0 Å². The number of nitrogens with one attached hydrogen (secondary N) is 3. The molecule has 2 heterocycles. The lowest BCUT2D eigenvalue weighted by atomic mass is 10.2. The normalized spacial score (nSPS) is 13.8. The van der Waals surface area contributed by atoms with Crippen LogP contribution in [0.4, 0.5) is 27.8 Å². The van der Waals surface area contributed by atoms with Gasteiger partial charge in [-0.05, 0) is 63.1 Å². The average Bonchev–Trinajstić information content (AvgIpc) is 3.11. The molecule has 1 aliphatic heterocycles. The van der Waals surface area contributed by atoms with Crippen LogP contribution in [0.5, 0.6) is 0 Å². The van der Waals surface area contributed by atoms with Gasteiger partial charge < -0.3 is 15.5 Å². The SMILES string of the molecule is CC(C)NC(=O)Nc1ccc(Nc2ccc(N3CCCC3)cc2)nn1. The van der Waals surface area contributed by atoms with E-state index >= 15 is 0 Å². The molecule has 0 radical (unpaired) electrons. The monoisotopic (exact) mass is 340 g/mol. The topological polar surface area (TPSA) is 82.2 Å². The highest BCUT2D eigenvalue weighted by atomic mass is 16.2. The lowest BCUT2D eigenvalue weighted by Gasteiger charge is -2.17. The molecule has 1 fully saturated rings. The van der Waals surface area contributed by atoms with E-state index in [1.54, 1.807) is 12.1 Å². The number of anilines is 4. The zero-order valence-electron chi connectivity index (χ0n) is 14.6. The molecule has 1 saturated heterocycles. The second-order valence-electron chi connectivity index (χ2n) is 6.42. The van der Waals surface area contributed by atoms with Crippen molar-refractivity contribution in [1.82, 2.24) is 15.5 Å². The molecule has 25 heavy (non-hydrogen) atoms. The third kappa shape index (κ3) is 4.82. The largest absolute Gasteiger partial charge is 0.372 e. The number of amides is 2. The first kappa shape index (κ1) is 17.0. The van der Waals surface area contributed by atoms with E-state index in [1.807, 2.05) is 26.0 Å². The van der Waals surface area contributed by atoms with E-state index in [0.717, 1.165) is 18.8 Å². The van der Waals surface area contributed by atoms with Crippen LogP contribution in [0.1, 0.15) is 26.7 Å². The molecule has 0 atom stereocenters. The van der Waals surface area contributed by atoms with Crippen LogP contribution in [0.2, 0.25) is 0 Å². The number of rotatable bonds is 5. The molecule has 0 saturated carbocycles. The highest BCUT2D eigenvalue weighted by molar-refractivity contribution is 5.88. The Morgan fingerprint density at radius 2 is 1.64 bits per heavy atom. The van der Waals surface area contributed by atoms with Crippen LogP contribution >= 0.6 is 0 Å². The van der Waals surface area contributed by atoms with E-state index < -0.39 is 0 Å². The second kappa shape index (κ2) is 7.83. The molecule has 2 aromatic rings. The van der Waals surface area contributed by atoms with Gasteiger partial charge in [0.15, 0.2) is 11.6 Å². The minimum Gasteiger partial charge on any atom is -0.372 e. The Morgan fingerprint density at radius 3 is 2.24 bits per heavy atom. The summed E-state index contributed by atoms with van der Waals surface area (Å²) in [4.78, 5) is 14.0. The second-order valence-corrected chi connectivity index (χ2v) is 6.42. The lowest BCUT2D eigenvalue weighted by molar-refractivity contribution is 0.250. The van der Waals surface area contributed by atoms with Crippen molar-refractivity contribution in [3.63, 3.8) is 0 Å². The molecule has 7 heteroatoms. The summed E-state index contributed by atoms with van der Waals surface area (Å²) >= 11 is 0. The average molecular weight is 340 g/mol. The van der Waals surface area contributed by atoms with Crippen molar-refractivity contribution in [3.05, 3.63) is 36.4 Å². The van der Waals surface area contributed by atoms with Gasteiger partial charge in [0, 0.05) is 30.5 Å². The highest BCUT2D eigenvalue weighted by Crippen LogP contribution is 2.23. The maximum Gasteiger partial charge on any atom is 0.320 e. The van der Waals surface area contributed by atoms with Gasteiger partial charge in [0.05, 0.1) is 0 Å². The molecular formula is C18H24N6O. The molecule has 1 aromatic carbocycles. The van der Waals surface area contributed by atoms with Crippen molar-refractivity contribution in [3.8, 4) is 0 Å². The summed E-state index contributed by atoms with van der Waals surface area (Å²) in [6.07, 6.45) is 2.54. The predicted molar refractivity (Wildman–Crippen MR) is 100 cm³/mol. The fraction of sp³-hybridized carbons (Fsp3) is 0.389. The minimum absolute atomic E-state index is 0.0671. The molecule has 1 aliphatic rings.